The van der Waals surface area contributed by atoms with Crippen LogP contribution in [-0.2, 0) is 4.79 Å². The van der Waals surface area contributed by atoms with Gasteiger partial charge in [0.05, 0.1) is 10.8 Å². The molecule has 0 aliphatic carbocycles. The smallest absolute Gasteiger partial charge is 0.270 e. The van der Waals surface area contributed by atoms with Crippen molar-refractivity contribution in [2.24, 2.45) is 5.92 Å². The molecule has 0 bridgehead atoms. The van der Waals surface area contributed by atoms with Crippen molar-refractivity contribution in [3.8, 4) is 0 Å². The largest absolute Gasteiger partial charge is 0.326 e. The Hall–Kier alpha value is -2.37. The fourth-order valence-corrected chi connectivity index (χ4v) is 1.84. The molecule has 0 saturated carbocycles. The fraction of sp³-hybridized carbons (Fsp3) is 0.308. The number of nitrogens with one attached hydrogen (secondary N) is 3. The van der Waals surface area contributed by atoms with Crippen molar-refractivity contribution in [1.82, 2.24) is 10.2 Å². The molecule has 1 amide bonds. The van der Waals surface area contributed by atoms with Gasteiger partial charge in [-0.3, -0.25) is 24.6 Å². The van der Waals surface area contributed by atoms with Crippen molar-refractivity contribution < 1.29 is 4.79 Å². The van der Waals surface area contributed by atoms with Crippen molar-refractivity contribution in [1.29, 1.82) is 0 Å². The first-order valence-electron chi connectivity index (χ1n) is 6.02. The standard InChI is InChI=1S/C13H15N3O3/c1-7(2)5-11(17)14-8-3-4-9-10(6-8)13(19)16-15-12(9)18/h3-4,6-7H,5H2,1-2H3,(H,14,17)(H,15,18)(H,16,19). The molecule has 6 heteroatoms. The van der Waals surface area contributed by atoms with Crippen LogP contribution in [0.1, 0.15) is 20.3 Å². The first-order valence-corrected chi connectivity index (χ1v) is 6.02. The maximum absolute atomic E-state index is 11.6. The van der Waals surface area contributed by atoms with Gasteiger partial charge in [0.25, 0.3) is 11.1 Å². The number of carbonyl (C=O) groups excluding carboxylic acids is 1. The van der Waals surface area contributed by atoms with Gasteiger partial charge in [-0.25, -0.2) is 0 Å². The Bertz CT molecular complexity index is 728. The van der Waals surface area contributed by atoms with Gasteiger partial charge in [0.1, 0.15) is 0 Å². The Morgan fingerprint density at radius 3 is 2.42 bits per heavy atom. The van der Waals surface area contributed by atoms with Crippen LogP contribution in [0.15, 0.2) is 27.8 Å². The molecule has 19 heavy (non-hydrogen) atoms. The highest BCUT2D eigenvalue weighted by Gasteiger charge is 2.08. The van der Waals surface area contributed by atoms with Gasteiger partial charge in [0.15, 0.2) is 0 Å². The Morgan fingerprint density at radius 2 is 1.79 bits per heavy atom. The number of hydrogen-bond donors (Lipinski definition) is 3. The molecule has 0 spiro atoms. The molecule has 0 atom stereocenters. The Balaban J connectivity index is 2.37. The second-order valence-corrected chi connectivity index (χ2v) is 4.81. The molecule has 3 N–H and O–H groups in total. The third-order valence-corrected chi connectivity index (χ3v) is 2.68. The van der Waals surface area contributed by atoms with Crippen molar-refractivity contribution in [2.75, 3.05) is 5.32 Å². The number of amides is 1. The summed E-state index contributed by atoms with van der Waals surface area (Å²) < 4.78 is 0. The van der Waals surface area contributed by atoms with Crippen LogP contribution in [0.25, 0.3) is 10.8 Å². The highest BCUT2D eigenvalue weighted by atomic mass is 16.2. The predicted molar refractivity (Wildman–Crippen MR) is 73.3 cm³/mol. The molecular formula is C13H15N3O3. The zero-order valence-electron chi connectivity index (χ0n) is 10.7. The number of rotatable bonds is 3. The van der Waals surface area contributed by atoms with Gasteiger partial charge in [0, 0.05) is 12.1 Å². The molecule has 0 fully saturated rings. The lowest BCUT2D eigenvalue weighted by Crippen LogP contribution is -2.19. The summed E-state index contributed by atoms with van der Waals surface area (Å²) in [5.41, 5.74) is -0.251. The molecule has 100 valence electrons. The number of carbonyl (C=O) groups is 1. The molecule has 2 rings (SSSR count). The van der Waals surface area contributed by atoms with Crippen LogP contribution in [-0.4, -0.2) is 16.1 Å². The van der Waals surface area contributed by atoms with Crippen LogP contribution >= 0.6 is 0 Å². The van der Waals surface area contributed by atoms with Crippen LogP contribution in [0.5, 0.6) is 0 Å². The molecule has 0 unspecified atom stereocenters. The highest BCUT2D eigenvalue weighted by molar-refractivity contribution is 5.94. The summed E-state index contributed by atoms with van der Waals surface area (Å²) in [5.74, 6) is 0.141. The lowest BCUT2D eigenvalue weighted by Gasteiger charge is -2.07. The van der Waals surface area contributed by atoms with Crippen molar-refractivity contribution in [2.45, 2.75) is 20.3 Å². The summed E-state index contributed by atoms with van der Waals surface area (Å²) in [7, 11) is 0. The van der Waals surface area contributed by atoms with E-state index in [0.29, 0.717) is 17.5 Å². The maximum atomic E-state index is 11.6. The van der Waals surface area contributed by atoms with E-state index in [9.17, 15) is 14.4 Å². The lowest BCUT2D eigenvalue weighted by molar-refractivity contribution is -0.116. The zero-order chi connectivity index (χ0) is 14.0. The number of aromatic nitrogens is 2. The van der Waals surface area contributed by atoms with E-state index in [-0.39, 0.29) is 22.8 Å². The fourth-order valence-electron chi connectivity index (χ4n) is 1.84. The van der Waals surface area contributed by atoms with E-state index in [4.69, 9.17) is 0 Å². The molecule has 0 aliphatic rings. The summed E-state index contributed by atoms with van der Waals surface area (Å²) in [4.78, 5) is 34.8. The Kier molecular flexibility index (Phi) is 3.50. The van der Waals surface area contributed by atoms with Crippen molar-refractivity contribution in [3.05, 3.63) is 38.9 Å². The molecule has 1 aromatic heterocycles. The second-order valence-electron chi connectivity index (χ2n) is 4.81. The molecule has 1 aromatic carbocycles. The normalized spacial score (nSPS) is 10.9. The van der Waals surface area contributed by atoms with E-state index in [2.05, 4.69) is 15.5 Å². The molecule has 6 nitrogen and oxygen atoms in total. The second kappa shape index (κ2) is 5.09. The minimum absolute atomic E-state index is 0.115. The van der Waals surface area contributed by atoms with Crippen molar-refractivity contribution in [3.63, 3.8) is 0 Å². The third kappa shape index (κ3) is 2.90. The number of fused-ring (bicyclic) bond motifs is 1. The number of anilines is 1. The zero-order valence-corrected chi connectivity index (χ0v) is 10.7. The van der Waals surface area contributed by atoms with Crippen molar-refractivity contribution >= 4 is 22.4 Å². The molecular weight excluding hydrogens is 246 g/mol. The Morgan fingerprint density at radius 1 is 1.16 bits per heavy atom. The van der Waals surface area contributed by atoms with E-state index in [0.717, 1.165) is 0 Å². The molecule has 0 saturated heterocycles. The van der Waals surface area contributed by atoms with E-state index in [1.165, 1.54) is 12.1 Å². The SMILES string of the molecule is CC(C)CC(=O)Nc1ccc2c(=O)[nH][nH]c(=O)c2c1. The average molecular weight is 261 g/mol. The first kappa shape index (κ1) is 13.1. The monoisotopic (exact) mass is 261 g/mol. The van der Waals surface area contributed by atoms with Gasteiger partial charge in [-0.1, -0.05) is 13.8 Å². The Labute approximate surface area is 108 Å². The average Bonchev–Trinajstić information content (AvgIpc) is 2.33. The highest BCUT2D eigenvalue weighted by Crippen LogP contribution is 2.14. The number of benzene rings is 1. The predicted octanol–water partition coefficient (Wildman–Crippen LogP) is 1.20. The maximum Gasteiger partial charge on any atom is 0.270 e. The first-order chi connectivity index (χ1) is 8.97. The van der Waals surface area contributed by atoms with E-state index >= 15 is 0 Å². The van der Waals surface area contributed by atoms with Gasteiger partial charge in [-0.15, -0.1) is 0 Å². The summed E-state index contributed by atoms with van der Waals surface area (Å²) >= 11 is 0. The topological polar surface area (TPSA) is 94.8 Å². The van der Waals surface area contributed by atoms with Crippen LogP contribution in [0.3, 0.4) is 0 Å². The number of H-pyrrole nitrogens is 2. The summed E-state index contributed by atoms with van der Waals surface area (Å²) in [6.45, 7) is 3.90. The summed E-state index contributed by atoms with van der Waals surface area (Å²) in [6.07, 6.45) is 0.407. The van der Waals surface area contributed by atoms with Crippen LogP contribution in [0, 0.1) is 5.92 Å². The molecule has 0 radical (unpaired) electrons. The van der Waals surface area contributed by atoms with Gasteiger partial charge in [-0.2, -0.15) is 0 Å². The van der Waals surface area contributed by atoms with E-state index < -0.39 is 5.56 Å². The van der Waals surface area contributed by atoms with Crippen LogP contribution in [0.2, 0.25) is 0 Å². The lowest BCUT2D eigenvalue weighted by atomic mass is 10.1. The van der Waals surface area contributed by atoms with Gasteiger partial charge in [-0.05, 0) is 24.1 Å². The summed E-state index contributed by atoms with van der Waals surface area (Å²) in [6, 6.07) is 4.63. The van der Waals surface area contributed by atoms with E-state index in [1.807, 2.05) is 13.8 Å². The number of hydrogen-bond acceptors (Lipinski definition) is 3. The minimum Gasteiger partial charge on any atom is -0.326 e. The molecule has 2 aromatic rings. The molecule has 0 aliphatic heterocycles. The van der Waals surface area contributed by atoms with Gasteiger partial charge < -0.3 is 5.32 Å². The van der Waals surface area contributed by atoms with Gasteiger partial charge >= 0.3 is 0 Å². The third-order valence-electron chi connectivity index (χ3n) is 2.68. The van der Waals surface area contributed by atoms with E-state index in [1.54, 1.807) is 6.07 Å². The molecule has 1 heterocycles. The van der Waals surface area contributed by atoms with Crippen LogP contribution in [0.4, 0.5) is 5.69 Å². The number of aromatic amines is 2. The van der Waals surface area contributed by atoms with Crippen LogP contribution < -0.4 is 16.4 Å². The summed E-state index contributed by atoms with van der Waals surface area (Å²) in [5, 5.41) is 7.76. The van der Waals surface area contributed by atoms with Gasteiger partial charge in [0.2, 0.25) is 5.91 Å². The minimum atomic E-state index is -0.394. The quantitative estimate of drug-likeness (QED) is 0.774.